The average molecular weight is 457 g/mol. The average Bonchev–Trinajstić information content (AvgIpc) is 3.46. The summed E-state index contributed by atoms with van der Waals surface area (Å²) < 4.78 is 1.18. The maximum Gasteiger partial charge on any atom is 0.152 e. The molecule has 1 fully saturated rings. The van der Waals surface area contributed by atoms with E-state index in [9.17, 15) is 0 Å². The van der Waals surface area contributed by atoms with Gasteiger partial charge < -0.3 is 9.80 Å². The number of benzene rings is 2. The molecule has 2 aromatic carbocycles. The number of aromatic nitrogens is 5. The summed E-state index contributed by atoms with van der Waals surface area (Å²) in [5, 5.41) is 5.58. The van der Waals surface area contributed by atoms with Gasteiger partial charge in [-0.05, 0) is 30.8 Å². The summed E-state index contributed by atoms with van der Waals surface area (Å²) in [5.74, 6) is 2.47. The third kappa shape index (κ3) is 4.12. The largest absolute Gasteiger partial charge is 0.354 e. The molecule has 1 aliphatic heterocycles. The predicted octanol–water partition coefficient (Wildman–Crippen LogP) is 3.65. The highest BCUT2D eigenvalue weighted by molar-refractivity contribution is 7.16. The van der Waals surface area contributed by atoms with E-state index in [0.29, 0.717) is 6.42 Å². The quantitative estimate of drug-likeness (QED) is 0.433. The van der Waals surface area contributed by atoms with Crippen molar-refractivity contribution in [3.05, 3.63) is 71.6 Å². The third-order valence-electron chi connectivity index (χ3n) is 6.04. The van der Waals surface area contributed by atoms with Crippen molar-refractivity contribution in [2.24, 2.45) is 0 Å². The van der Waals surface area contributed by atoms with Crippen LogP contribution in [-0.2, 0) is 6.42 Å². The molecule has 0 bridgehead atoms. The van der Waals surface area contributed by atoms with Gasteiger partial charge in [-0.2, -0.15) is 9.89 Å². The van der Waals surface area contributed by atoms with Crippen molar-refractivity contribution in [1.82, 2.24) is 29.7 Å². The van der Waals surface area contributed by atoms with Gasteiger partial charge in [-0.15, -0.1) is 11.3 Å². The lowest BCUT2D eigenvalue weighted by Gasteiger charge is -2.33. The van der Waals surface area contributed by atoms with Crippen LogP contribution in [0, 0.1) is 0 Å². The summed E-state index contributed by atoms with van der Waals surface area (Å²) in [4.78, 5) is 20.7. The summed E-state index contributed by atoms with van der Waals surface area (Å²) in [7, 11) is 2.16. The van der Waals surface area contributed by atoms with Crippen molar-refractivity contribution in [3.63, 3.8) is 0 Å². The molecule has 1 saturated heterocycles. The molecule has 4 heterocycles. The number of fused-ring (bicyclic) bond motifs is 2. The molecule has 8 nitrogen and oxygen atoms in total. The first-order chi connectivity index (χ1) is 16.2. The Hall–Kier alpha value is -3.56. The van der Waals surface area contributed by atoms with Gasteiger partial charge in [0.1, 0.15) is 11.6 Å². The fourth-order valence-electron chi connectivity index (χ4n) is 4.18. The molecule has 6 rings (SSSR count). The highest BCUT2D eigenvalue weighted by Gasteiger charge is 2.18. The Morgan fingerprint density at radius 1 is 1.00 bits per heavy atom. The molecule has 3 aromatic heterocycles. The van der Waals surface area contributed by atoms with Crippen LogP contribution in [0.5, 0.6) is 0 Å². The zero-order valence-corrected chi connectivity index (χ0v) is 19.2. The van der Waals surface area contributed by atoms with Crippen molar-refractivity contribution >= 4 is 44.1 Å². The standard InChI is InChI=1S/C24H24N8S/c1-30-8-10-31(11-9-30)24-14-23(29-32-20-5-3-2-4-18(20)15-26-32)27-22(28-24)13-17-6-7-19-21(12-17)33-16-25-19/h2-7,12,14-16H,8-11,13H2,1H3,(H,27,28,29). The predicted molar refractivity (Wildman–Crippen MR) is 133 cm³/mol. The zero-order valence-electron chi connectivity index (χ0n) is 18.3. The summed E-state index contributed by atoms with van der Waals surface area (Å²) in [6, 6.07) is 16.5. The van der Waals surface area contributed by atoms with Crippen molar-refractivity contribution in [2.45, 2.75) is 6.42 Å². The van der Waals surface area contributed by atoms with Gasteiger partial charge in [-0.25, -0.2) is 15.0 Å². The monoisotopic (exact) mass is 456 g/mol. The lowest BCUT2D eigenvalue weighted by atomic mass is 10.1. The molecule has 0 radical (unpaired) electrons. The Bertz CT molecular complexity index is 1420. The van der Waals surface area contributed by atoms with Gasteiger partial charge in [-0.1, -0.05) is 24.3 Å². The second kappa shape index (κ2) is 8.42. The third-order valence-corrected chi connectivity index (χ3v) is 6.83. The molecule has 0 atom stereocenters. The van der Waals surface area contributed by atoms with Crippen LogP contribution in [0.1, 0.15) is 11.4 Å². The number of piperazine rings is 1. The van der Waals surface area contributed by atoms with Crippen LogP contribution >= 0.6 is 11.3 Å². The molecule has 0 aliphatic carbocycles. The van der Waals surface area contributed by atoms with Crippen LogP contribution in [0.2, 0.25) is 0 Å². The van der Waals surface area contributed by atoms with E-state index < -0.39 is 0 Å². The number of nitrogens with one attached hydrogen (secondary N) is 1. The molecule has 0 unspecified atom stereocenters. The fourth-order valence-corrected chi connectivity index (χ4v) is 4.92. The molecule has 1 N–H and O–H groups in total. The Kier molecular flexibility index (Phi) is 5.12. The van der Waals surface area contributed by atoms with Gasteiger partial charge in [-0.3, -0.25) is 5.43 Å². The van der Waals surface area contributed by atoms with E-state index in [0.717, 1.165) is 60.1 Å². The van der Waals surface area contributed by atoms with E-state index in [2.05, 4.69) is 56.6 Å². The highest BCUT2D eigenvalue weighted by Crippen LogP contribution is 2.23. The Balaban J connectivity index is 1.35. The molecule has 0 amide bonds. The van der Waals surface area contributed by atoms with Crippen LogP contribution in [-0.4, -0.2) is 63.0 Å². The van der Waals surface area contributed by atoms with E-state index >= 15 is 0 Å². The minimum absolute atomic E-state index is 0.657. The van der Waals surface area contributed by atoms with Gasteiger partial charge in [0.25, 0.3) is 0 Å². The van der Waals surface area contributed by atoms with E-state index in [1.165, 1.54) is 10.3 Å². The molecule has 166 valence electrons. The van der Waals surface area contributed by atoms with Gasteiger partial charge in [0, 0.05) is 44.1 Å². The van der Waals surface area contributed by atoms with Crippen molar-refractivity contribution in [3.8, 4) is 0 Å². The number of nitrogens with zero attached hydrogens (tertiary/aromatic N) is 7. The van der Waals surface area contributed by atoms with Crippen LogP contribution in [0.4, 0.5) is 11.6 Å². The number of thiazole rings is 1. The summed E-state index contributed by atoms with van der Waals surface area (Å²) in [6.45, 7) is 3.94. The Labute approximate surface area is 195 Å². The number of likely N-dealkylation sites (N-methyl/N-ethyl adjacent to an activating group) is 1. The number of anilines is 2. The molecule has 0 spiro atoms. The topological polar surface area (TPSA) is 75.0 Å². The molecular weight excluding hydrogens is 432 g/mol. The molecule has 0 saturated carbocycles. The lowest BCUT2D eigenvalue weighted by molar-refractivity contribution is 0.312. The lowest BCUT2D eigenvalue weighted by Crippen LogP contribution is -2.45. The zero-order chi connectivity index (χ0) is 22.2. The molecular formula is C24H24N8S. The highest BCUT2D eigenvalue weighted by atomic mass is 32.1. The normalized spacial score (nSPS) is 14.9. The molecule has 9 heteroatoms. The maximum atomic E-state index is 4.95. The second-order valence-corrected chi connectivity index (χ2v) is 9.26. The van der Waals surface area contributed by atoms with E-state index in [1.54, 1.807) is 16.1 Å². The van der Waals surface area contributed by atoms with Gasteiger partial charge in [0.15, 0.2) is 5.82 Å². The van der Waals surface area contributed by atoms with Crippen LogP contribution in [0.25, 0.3) is 21.1 Å². The SMILES string of the molecule is CN1CCN(c2cc(Nn3ncc4ccccc43)nc(Cc3ccc4ncsc4c3)n2)CC1. The fraction of sp³-hybridized carbons (Fsp3) is 0.250. The Morgan fingerprint density at radius 2 is 1.88 bits per heavy atom. The molecule has 1 aliphatic rings. The number of para-hydroxylation sites is 1. The van der Waals surface area contributed by atoms with Gasteiger partial charge >= 0.3 is 0 Å². The van der Waals surface area contributed by atoms with Gasteiger partial charge in [0.05, 0.1) is 27.4 Å². The van der Waals surface area contributed by atoms with E-state index in [4.69, 9.17) is 9.97 Å². The van der Waals surface area contributed by atoms with Crippen molar-refractivity contribution in [2.75, 3.05) is 43.6 Å². The summed E-state index contributed by atoms with van der Waals surface area (Å²) >= 11 is 1.66. The minimum atomic E-state index is 0.657. The number of hydrogen-bond acceptors (Lipinski definition) is 8. The van der Waals surface area contributed by atoms with E-state index in [1.807, 2.05) is 36.0 Å². The first-order valence-corrected chi connectivity index (χ1v) is 11.9. The molecule has 33 heavy (non-hydrogen) atoms. The van der Waals surface area contributed by atoms with Crippen molar-refractivity contribution in [1.29, 1.82) is 0 Å². The van der Waals surface area contributed by atoms with Crippen LogP contribution < -0.4 is 10.3 Å². The summed E-state index contributed by atoms with van der Waals surface area (Å²) in [6.07, 6.45) is 2.51. The van der Waals surface area contributed by atoms with Crippen LogP contribution in [0.15, 0.2) is 60.2 Å². The number of rotatable bonds is 5. The summed E-state index contributed by atoms with van der Waals surface area (Å²) in [5.41, 5.74) is 8.48. The minimum Gasteiger partial charge on any atom is -0.354 e. The Morgan fingerprint density at radius 3 is 2.79 bits per heavy atom. The molecule has 5 aromatic rings. The number of hydrogen-bond donors (Lipinski definition) is 1. The smallest absolute Gasteiger partial charge is 0.152 e. The van der Waals surface area contributed by atoms with Gasteiger partial charge in [0.2, 0.25) is 0 Å². The van der Waals surface area contributed by atoms with Crippen LogP contribution in [0.3, 0.4) is 0 Å². The first kappa shape index (κ1) is 20.1. The van der Waals surface area contributed by atoms with E-state index in [-0.39, 0.29) is 0 Å². The maximum absolute atomic E-state index is 4.95. The second-order valence-electron chi connectivity index (χ2n) is 8.38. The first-order valence-electron chi connectivity index (χ1n) is 11.0. The van der Waals surface area contributed by atoms with Crippen molar-refractivity contribution < 1.29 is 0 Å².